The van der Waals surface area contributed by atoms with Crippen LogP contribution in [0.2, 0.25) is 0 Å². The van der Waals surface area contributed by atoms with Gasteiger partial charge in [0.05, 0.1) is 12.1 Å². The lowest BCUT2D eigenvalue weighted by atomic mass is 10.0. The second-order valence-electron chi connectivity index (χ2n) is 7.43. The van der Waals surface area contributed by atoms with Crippen LogP contribution in [0.1, 0.15) is 40.0 Å². The Morgan fingerprint density at radius 1 is 0.933 bits per heavy atom. The number of rotatable bonds is 14. The van der Waals surface area contributed by atoms with Crippen LogP contribution in [0.15, 0.2) is 0 Å². The van der Waals surface area contributed by atoms with Gasteiger partial charge in [-0.25, -0.2) is 4.79 Å². The van der Waals surface area contributed by atoms with Gasteiger partial charge in [0.15, 0.2) is 6.04 Å². The summed E-state index contributed by atoms with van der Waals surface area (Å²) in [5.41, 5.74) is 11.2. The van der Waals surface area contributed by atoms with Crippen molar-refractivity contribution in [2.24, 2.45) is 17.4 Å². The average Bonchev–Trinajstić information content (AvgIpc) is 2.66. The van der Waals surface area contributed by atoms with Crippen molar-refractivity contribution >= 4 is 36.3 Å². The molecule has 5 unspecified atom stereocenters. The number of nitrogens with one attached hydrogen (secondary N) is 3. The number of amides is 3. The lowest BCUT2D eigenvalue weighted by Gasteiger charge is -2.27. The Hall–Kier alpha value is -1.89. The lowest BCUT2D eigenvalue weighted by Crippen LogP contribution is -2.60. The molecule has 174 valence electrons. The highest BCUT2D eigenvalue weighted by atomic mass is 32.1. The fraction of sp³-hybridized carbons (Fsp3) is 0.778. The molecule has 0 aromatic heterocycles. The van der Waals surface area contributed by atoms with E-state index in [1.165, 1.54) is 6.92 Å². The van der Waals surface area contributed by atoms with Crippen LogP contribution in [0, 0.1) is 5.92 Å². The van der Waals surface area contributed by atoms with Gasteiger partial charge < -0.3 is 37.6 Å². The largest absolute Gasteiger partial charge is 0.480 e. The molecule has 30 heavy (non-hydrogen) atoms. The van der Waals surface area contributed by atoms with E-state index in [0.717, 1.165) is 6.42 Å². The number of hydrogen-bond donors (Lipinski definition) is 8. The summed E-state index contributed by atoms with van der Waals surface area (Å²) >= 11 is 4.07. The number of carbonyl (C=O) groups excluding carboxylic acids is 3. The number of carbonyl (C=O) groups is 4. The van der Waals surface area contributed by atoms with E-state index in [4.69, 9.17) is 16.6 Å². The Morgan fingerprint density at radius 3 is 1.93 bits per heavy atom. The Bertz CT molecular complexity index is 589. The molecule has 5 atom stereocenters. The van der Waals surface area contributed by atoms with Crippen LogP contribution in [0.3, 0.4) is 0 Å². The summed E-state index contributed by atoms with van der Waals surface area (Å²) in [6.45, 7) is 5.03. The zero-order valence-electron chi connectivity index (χ0n) is 17.6. The first-order valence-corrected chi connectivity index (χ1v) is 10.5. The highest BCUT2D eigenvalue weighted by molar-refractivity contribution is 7.80. The molecule has 0 aromatic rings. The van der Waals surface area contributed by atoms with Crippen molar-refractivity contribution in [1.82, 2.24) is 16.0 Å². The second kappa shape index (κ2) is 14.2. The minimum Gasteiger partial charge on any atom is -0.480 e. The molecule has 0 aliphatic rings. The van der Waals surface area contributed by atoms with Crippen molar-refractivity contribution < 1.29 is 29.4 Å². The summed E-state index contributed by atoms with van der Waals surface area (Å²) in [6, 6.07) is -4.46. The zero-order chi connectivity index (χ0) is 23.4. The summed E-state index contributed by atoms with van der Waals surface area (Å²) in [5, 5.41) is 25.9. The molecule has 9 N–H and O–H groups in total. The molecule has 0 radical (unpaired) electrons. The number of unbranched alkanes of at least 4 members (excludes halogenated alkanes) is 1. The molecule has 0 aliphatic heterocycles. The maximum atomic E-state index is 12.6. The smallest absolute Gasteiger partial charge is 0.328 e. The fourth-order valence-electron chi connectivity index (χ4n) is 2.53. The summed E-state index contributed by atoms with van der Waals surface area (Å²) in [4.78, 5) is 48.5. The predicted octanol–water partition coefficient (Wildman–Crippen LogP) is -2.05. The maximum Gasteiger partial charge on any atom is 0.328 e. The topological polar surface area (TPSA) is 197 Å². The molecule has 0 saturated carbocycles. The van der Waals surface area contributed by atoms with Crippen molar-refractivity contribution in [3.63, 3.8) is 0 Å². The number of carboxylic acids is 1. The Balaban J connectivity index is 5.07. The fourth-order valence-corrected chi connectivity index (χ4v) is 2.79. The van der Waals surface area contributed by atoms with E-state index in [1.807, 2.05) is 0 Å². The Morgan fingerprint density at radius 2 is 1.50 bits per heavy atom. The second-order valence-corrected chi connectivity index (χ2v) is 7.80. The van der Waals surface area contributed by atoms with E-state index in [0.29, 0.717) is 19.4 Å². The average molecular weight is 450 g/mol. The quantitative estimate of drug-likeness (QED) is 0.109. The van der Waals surface area contributed by atoms with Gasteiger partial charge in [-0.3, -0.25) is 14.4 Å². The molecular formula is C18H35N5O6S. The summed E-state index contributed by atoms with van der Waals surface area (Å²) < 4.78 is 0. The lowest BCUT2D eigenvalue weighted by molar-refractivity contribution is -0.145. The minimum absolute atomic E-state index is 0.0368. The van der Waals surface area contributed by atoms with E-state index in [9.17, 15) is 24.3 Å². The third-order valence-corrected chi connectivity index (χ3v) is 4.78. The van der Waals surface area contributed by atoms with Crippen molar-refractivity contribution in [2.75, 3.05) is 12.3 Å². The van der Waals surface area contributed by atoms with Crippen LogP contribution in [0.4, 0.5) is 0 Å². The molecule has 0 spiro atoms. The van der Waals surface area contributed by atoms with Gasteiger partial charge in [0, 0.05) is 5.75 Å². The number of hydrogen-bond acceptors (Lipinski definition) is 8. The molecule has 11 nitrogen and oxygen atoms in total. The molecular weight excluding hydrogens is 414 g/mol. The van der Waals surface area contributed by atoms with E-state index in [1.54, 1.807) is 13.8 Å². The van der Waals surface area contributed by atoms with Crippen LogP contribution < -0.4 is 27.4 Å². The molecule has 0 rings (SSSR count). The third-order valence-electron chi connectivity index (χ3n) is 4.41. The van der Waals surface area contributed by atoms with Crippen LogP contribution in [0.25, 0.3) is 0 Å². The van der Waals surface area contributed by atoms with Crippen molar-refractivity contribution in [3.8, 4) is 0 Å². The number of aliphatic hydroxyl groups excluding tert-OH is 1. The van der Waals surface area contributed by atoms with E-state index in [2.05, 4.69) is 28.6 Å². The highest BCUT2D eigenvalue weighted by Gasteiger charge is 2.32. The molecule has 12 heteroatoms. The van der Waals surface area contributed by atoms with Crippen LogP contribution in [-0.2, 0) is 19.2 Å². The van der Waals surface area contributed by atoms with Gasteiger partial charge in [0.25, 0.3) is 0 Å². The number of aliphatic hydroxyl groups is 1. The molecule has 0 aliphatic carbocycles. The summed E-state index contributed by atoms with van der Waals surface area (Å²) in [6.07, 6.45) is 0.482. The first kappa shape index (κ1) is 28.1. The summed E-state index contributed by atoms with van der Waals surface area (Å²) in [7, 11) is 0. The maximum absolute atomic E-state index is 12.6. The first-order valence-electron chi connectivity index (χ1n) is 9.84. The normalized spacial score (nSPS) is 16.1. The van der Waals surface area contributed by atoms with Gasteiger partial charge in [0.1, 0.15) is 12.1 Å². The third kappa shape index (κ3) is 9.74. The number of aliphatic carboxylic acids is 1. The molecule has 0 aromatic carbocycles. The van der Waals surface area contributed by atoms with E-state index < -0.39 is 59.9 Å². The molecule has 3 amide bonds. The number of carboxylic acid groups (broad SMARTS) is 1. The van der Waals surface area contributed by atoms with Crippen molar-refractivity contribution in [3.05, 3.63) is 0 Å². The van der Waals surface area contributed by atoms with Crippen LogP contribution >= 0.6 is 12.6 Å². The summed E-state index contributed by atoms with van der Waals surface area (Å²) in [5.74, 6) is -3.79. The van der Waals surface area contributed by atoms with Gasteiger partial charge >= 0.3 is 5.97 Å². The predicted molar refractivity (Wildman–Crippen MR) is 115 cm³/mol. The Kier molecular flexibility index (Phi) is 13.3. The van der Waals surface area contributed by atoms with Crippen molar-refractivity contribution in [1.29, 1.82) is 0 Å². The van der Waals surface area contributed by atoms with Crippen molar-refractivity contribution in [2.45, 2.75) is 70.3 Å². The van der Waals surface area contributed by atoms with Gasteiger partial charge in [-0.05, 0) is 32.2 Å². The van der Waals surface area contributed by atoms with E-state index in [-0.39, 0.29) is 5.75 Å². The Labute approximate surface area is 182 Å². The standard InChI is InChI=1S/C18H35N5O6S/c1-9(2)13(17(27)23-14(10(3)24)18(28)29)22-16(26)12(8-30)21-15(25)11(20)6-4-5-7-19/h9-14,24,30H,4-8,19-20H2,1-3H3,(H,21,25)(H,22,26)(H,23,27)(H,28,29). The van der Waals surface area contributed by atoms with E-state index >= 15 is 0 Å². The van der Waals surface area contributed by atoms with Gasteiger partial charge in [-0.2, -0.15) is 12.6 Å². The molecule has 0 heterocycles. The molecule has 0 fully saturated rings. The van der Waals surface area contributed by atoms with Gasteiger partial charge in [-0.15, -0.1) is 0 Å². The zero-order valence-corrected chi connectivity index (χ0v) is 18.5. The van der Waals surface area contributed by atoms with Crippen LogP contribution in [-0.4, -0.2) is 76.5 Å². The van der Waals surface area contributed by atoms with Gasteiger partial charge in [0.2, 0.25) is 17.7 Å². The number of nitrogens with two attached hydrogens (primary N) is 2. The monoisotopic (exact) mass is 449 g/mol. The molecule has 0 bridgehead atoms. The highest BCUT2D eigenvalue weighted by Crippen LogP contribution is 2.06. The number of thiol groups is 1. The first-order chi connectivity index (χ1) is 14.0. The minimum atomic E-state index is -1.53. The van der Waals surface area contributed by atoms with Crippen LogP contribution in [0.5, 0.6) is 0 Å². The SMILES string of the molecule is CC(C)C(NC(=O)C(CS)NC(=O)C(N)CCCCN)C(=O)NC(C(=O)O)C(C)O. The molecule has 0 saturated heterocycles. The van der Waals surface area contributed by atoms with Gasteiger partial charge in [-0.1, -0.05) is 20.3 Å².